The van der Waals surface area contributed by atoms with Gasteiger partial charge in [-0.05, 0) is 40.1 Å². The largest absolute Gasteiger partial charge is 0.492 e. The van der Waals surface area contributed by atoms with Crippen molar-refractivity contribution in [3.8, 4) is 6.01 Å². The molecule has 7 heteroatoms. The molecule has 0 atom stereocenters. The van der Waals surface area contributed by atoms with Crippen molar-refractivity contribution in [2.24, 2.45) is 0 Å². The van der Waals surface area contributed by atoms with Crippen LogP contribution in [-0.4, -0.2) is 46.6 Å². The molecule has 0 aliphatic carbocycles. The number of hydrogen-bond acceptors (Lipinski definition) is 6. The third kappa shape index (κ3) is 3.48. The van der Waals surface area contributed by atoms with E-state index in [0.717, 1.165) is 5.56 Å². The SMILES string of the molecule is CCOc1ncc(C=C(CO)B2OC(C)(C)C(C)(C)O2)cn1. The zero-order valence-corrected chi connectivity index (χ0v) is 13.8. The zero-order valence-electron chi connectivity index (χ0n) is 13.8. The maximum atomic E-state index is 9.63. The Hall–Kier alpha value is -1.44. The van der Waals surface area contributed by atoms with Gasteiger partial charge in [0.1, 0.15) is 0 Å². The topological polar surface area (TPSA) is 73.7 Å². The van der Waals surface area contributed by atoms with Gasteiger partial charge in [-0.1, -0.05) is 6.08 Å². The minimum Gasteiger partial charge on any atom is -0.464 e. The molecule has 0 aromatic carbocycles. The van der Waals surface area contributed by atoms with Crippen molar-refractivity contribution in [1.29, 1.82) is 0 Å². The van der Waals surface area contributed by atoms with Crippen LogP contribution in [0.5, 0.6) is 6.01 Å². The Labute approximate surface area is 131 Å². The van der Waals surface area contributed by atoms with Crippen molar-refractivity contribution in [3.63, 3.8) is 0 Å². The normalized spacial score (nSPS) is 20.3. The monoisotopic (exact) mass is 306 g/mol. The van der Waals surface area contributed by atoms with Crippen LogP contribution in [-0.2, 0) is 9.31 Å². The van der Waals surface area contributed by atoms with Gasteiger partial charge in [0.2, 0.25) is 0 Å². The van der Waals surface area contributed by atoms with Gasteiger partial charge in [-0.25, -0.2) is 9.97 Å². The summed E-state index contributed by atoms with van der Waals surface area (Å²) in [5.74, 6) is 0. The van der Waals surface area contributed by atoms with Gasteiger partial charge >= 0.3 is 13.1 Å². The number of aliphatic hydroxyl groups is 1. The van der Waals surface area contributed by atoms with E-state index in [0.29, 0.717) is 18.1 Å². The van der Waals surface area contributed by atoms with Gasteiger partial charge in [0.15, 0.2) is 0 Å². The lowest BCUT2D eigenvalue weighted by Gasteiger charge is -2.32. The molecule has 1 saturated heterocycles. The average molecular weight is 306 g/mol. The summed E-state index contributed by atoms with van der Waals surface area (Å²) in [6.07, 6.45) is 5.05. The Morgan fingerprint density at radius 3 is 2.23 bits per heavy atom. The molecule has 0 unspecified atom stereocenters. The highest BCUT2D eigenvalue weighted by Crippen LogP contribution is 2.38. The lowest BCUT2D eigenvalue weighted by atomic mass is 9.78. The third-order valence-corrected chi connectivity index (χ3v) is 4.01. The summed E-state index contributed by atoms with van der Waals surface area (Å²) in [6, 6.07) is 0.334. The van der Waals surface area contributed by atoms with Crippen LogP contribution in [0.3, 0.4) is 0 Å². The predicted octanol–water partition coefficient (Wildman–Crippen LogP) is 1.88. The number of ether oxygens (including phenoxy) is 1. The predicted molar refractivity (Wildman–Crippen MR) is 84.3 cm³/mol. The Morgan fingerprint density at radius 1 is 1.23 bits per heavy atom. The molecule has 1 aliphatic heterocycles. The fraction of sp³-hybridized carbons (Fsp3) is 0.600. The fourth-order valence-corrected chi connectivity index (χ4v) is 2.00. The van der Waals surface area contributed by atoms with Gasteiger partial charge in [0.25, 0.3) is 0 Å². The van der Waals surface area contributed by atoms with E-state index in [1.807, 2.05) is 34.6 Å². The third-order valence-electron chi connectivity index (χ3n) is 4.01. The summed E-state index contributed by atoms with van der Waals surface area (Å²) in [6.45, 7) is 10.1. The lowest BCUT2D eigenvalue weighted by molar-refractivity contribution is 0.00578. The highest BCUT2D eigenvalue weighted by atomic mass is 16.7. The van der Waals surface area contributed by atoms with E-state index in [1.165, 1.54) is 0 Å². The second kappa shape index (κ2) is 6.36. The Balaban J connectivity index is 2.18. The van der Waals surface area contributed by atoms with Crippen LogP contribution >= 0.6 is 0 Å². The van der Waals surface area contributed by atoms with Crippen LogP contribution in [0.25, 0.3) is 6.08 Å². The van der Waals surface area contributed by atoms with Crippen LogP contribution < -0.4 is 4.74 Å². The molecule has 1 fully saturated rings. The minimum atomic E-state index is -0.582. The second-order valence-corrected chi connectivity index (χ2v) is 6.20. The molecule has 1 N–H and O–H groups in total. The van der Waals surface area contributed by atoms with Crippen molar-refractivity contribution in [2.75, 3.05) is 13.2 Å². The molecule has 2 heterocycles. The number of aromatic nitrogens is 2. The van der Waals surface area contributed by atoms with Crippen LogP contribution in [0.1, 0.15) is 40.2 Å². The standard InChI is InChI=1S/C15H23BN2O4/c1-6-20-13-17-8-11(9-18-13)7-12(10-19)16-21-14(2,3)15(4,5)22-16/h7-9,19H,6,10H2,1-5H3. The summed E-state index contributed by atoms with van der Waals surface area (Å²) in [5.41, 5.74) is 0.497. The molecule has 1 aliphatic rings. The molecule has 6 nitrogen and oxygen atoms in total. The highest BCUT2D eigenvalue weighted by Gasteiger charge is 2.52. The molecule has 2 rings (SSSR count). The molecular weight excluding hydrogens is 283 g/mol. The number of rotatable bonds is 5. The van der Waals surface area contributed by atoms with E-state index in [4.69, 9.17) is 14.0 Å². The lowest BCUT2D eigenvalue weighted by Crippen LogP contribution is -2.41. The Morgan fingerprint density at radius 2 is 1.77 bits per heavy atom. The molecule has 0 bridgehead atoms. The summed E-state index contributed by atoms with van der Waals surface area (Å²) in [4.78, 5) is 8.20. The average Bonchev–Trinajstić information content (AvgIpc) is 2.67. The van der Waals surface area contributed by atoms with E-state index in [2.05, 4.69) is 9.97 Å². The maximum absolute atomic E-state index is 9.63. The molecule has 0 amide bonds. The summed E-state index contributed by atoms with van der Waals surface area (Å²) < 4.78 is 17.1. The van der Waals surface area contributed by atoms with Gasteiger partial charge < -0.3 is 19.2 Å². The molecule has 0 spiro atoms. The van der Waals surface area contributed by atoms with Crippen molar-refractivity contribution >= 4 is 13.2 Å². The van der Waals surface area contributed by atoms with Crippen molar-refractivity contribution in [3.05, 3.63) is 23.4 Å². The fourth-order valence-electron chi connectivity index (χ4n) is 2.00. The van der Waals surface area contributed by atoms with Gasteiger partial charge in [-0.15, -0.1) is 0 Å². The van der Waals surface area contributed by atoms with E-state index >= 15 is 0 Å². The quantitative estimate of drug-likeness (QED) is 0.837. The van der Waals surface area contributed by atoms with Gasteiger partial charge in [-0.3, -0.25) is 0 Å². The van der Waals surface area contributed by atoms with Gasteiger partial charge in [0, 0.05) is 18.0 Å². The highest BCUT2D eigenvalue weighted by molar-refractivity contribution is 6.55. The van der Waals surface area contributed by atoms with Gasteiger partial charge in [-0.2, -0.15) is 0 Å². The summed E-state index contributed by atoms with van der Waals surface area (Å²) in [5, 5.41) is 9.63. The first-order valence-electron chi connectivity index (χ1n) is 7.41. The second-order valence-electron chi connectivity index (χ2n) is 6.20. The van der Waals surface area contributed by atoms with E-state index in [1.54, 1.807) is 18.5 Å². The Kier molecular flexibility index (Phi) is 4.89. The minimum absolute atomic E-state index is 0.163. The van der Waals surface area contributed by atoms with E-state index in [9.17, 15) is 5.11 Å². The molecule has 1 aromatic heterocycles. The first-order valence-corrected chi connectivity index (χ1v) is 7.41. The number of aliphatic hydroxyl groups excluding tert-OH is 1. The van der Waals surface area contributed by atoms with Crippen molar-refractivity contribution in [2.45, 2.75) is 45.8 Å². The van der Waals surface area contributed by atoms with Crippen LogP contribution in [0, 0.1) is 0 Å². The molecule has 120 valence electrons. The first kappa shape index (κ1) is 16.9. The number of nitrogens with zero attached hydrogens (tertiary/aromatic N) is 2. The molecule has 1 aromatic rings. The van der Waals surface area contributed by atoms with E-state index < -0.39 is 18.3 Å². The first-order chi connectivity index (χ1) is 10.3. The van der Waals surface area contributed by atoms with Crippen molar-refractivity contribution in [1.82, 2.24) is 9.97 Å². The smallest absolute Gasteiger partial charge is 0.464 e. The number of hydrogen-bond donors (Lipinski definition) is 1. The molecule has 0 radical (unpaired) electrons. The Bertz CT molecular complexity index is 527. The van der Waals surface area contributed by atoms with Gasteiger partial charge in [0.05, 0.1) is 24.4 Å². The van der Waals surface area contributed by atoms with Crippen molar-refractivity contribution < 1.29 is 19.2 Å². The zero-order chi connectivity index (χ0) is 16.4. The van der Waals surface area contributed by atoms with Crippen LogP contribution in [0.15, 0.2) is 17.9 Å². The van der Waals surface area contributed by atoms with Crippen LogP contribution in [0.4, 0.5) is 0 Å². The van der Waals surface area contributed by atoms with Crippen LogP contribution in [0.2, 0.25) is 0 Å². The molecule has 0 saturated carbocycles. The molecule has 22 heavy (non-hydrogen) atoms. The van der Waals surface area contributed by atoms with E-state index in [-0.39, 0.29) is 6.61 Å². The maximum Gasteiger partial charge on any atom is 0.492 e. The summed E-state index contributed by atoms with van der Waals surface area (Å²) in [7, 11) is -0.582. The molecular formula is C15H23BN2O4. The summed E-state index contributed by atoms with van der Waals surface area (Å²) >= 11 is 0.